The smallest absolute Gasteiger partial charge is 0.0111 e. The number of aryl methyl sites for hydroxylation is 3. The number of benzene rings is 3. The molecule has 0 nitrogen and oxygen atoms in total. The molecule has 0 heterocycles. The summed E-state index contributed by atoms with van der Waals surface area (Å²) in [7, 11) is 0. The van der Waals surface area contributed by atoms with Crippen molar-refractivity contribution in [3.63, 3.8) is 0 Å². The van der Waals surface area contributed by atoms with Gasteiger partial charge in [-0.25, -0.2) is 0 Å². The summed E-state index contributed by atoms with van der Waals surface area (Å²) >= 11 is 0. The maximum absolute atomic E-state index is 3.91. The molecule has 0 saturated carbocycles. The zero-order valence-electron chi connectivity index (χ0n) is 19.8. The number of allylic oxidation sites excluding steroid dienone is 1. The average Bonchev–Trinajstić information content (AvgIpc) is 2.77. The topological polar surface area (TPSA) is 0 Å². The lowest BCUT2D eigenvalue weighted by molar-refractivity contribution is 0.922. The van der Waals surface area contributed by atoms with Crippen LogP contribution in [0.4, 0.5) is 0 Å². The Labute approximate surface area is 185 Å². The molecular weight excluding hydrogens is 360 g/mol. The molecule has 0 N–H and O–H groups in total. The Hall–Kier alpha value is -2.86. The largest absolute Gasteiger partial charge is 0.0984 e. The van der Waals surface area contributed by atoms with E-state index in [0.717, 1.165) is 12.0 Å². The van der Waals surface area contributed by atoms with Crippen molar-refractivity contribution in [1.29, 1.82) is 0 Å². The quantitative estimate of drug-likeness (QED) is 0.401. The van der Waals surface area contributed by atoms with Crippen LogP contribution in [-0.2, 0) is 6.42 Å². The van der Waals surface area contributed by atoms with E-state index in [4.69, 9.17) is 0 Å². The van der Waals surface area contributed by atoms with Gasteiger partial charge < -0.3 is 0 Å². The molecule has 0 radical (unpaired) electrons. The zero-order chi connectivity index (χ0) is 22.5. The molecule has 0 atom stereocenters. The molecule has 0 unspecified atom stereocenters. The van der Waals surface area contributed by atoms with Crippen LogP contribution in [0.25, 0.3) is 22.8 Å². The first-order valence-electron chi connectivity index (χ1n) is 11.0. The van der Waals surface area contributed by atoms with Gasteiger partial charge in [0.2, 0.25) is 0 Å². The van der Waals surface area contributed by atoms with E-state index in [1.54, 1.807) is 0 Å². The number of hydrogen-bond acceptors (Lipinski definition) is 0. The standard InChI is InChI=1S/C18H20.C10H12.C2H6/c1-4-6-15-8-10-17(11-9-15)18-12-7-14(3)13-16(18)5-2;1-8(2)10-6-4-9(3)5-7-10;1-2/h5,7-13H,2,4,6H2,1,3H3;4-7H,1H2,2-3H3;1-2H3. The molecule has 30 heavy (non-hydrogen) atoms. The first-order chi connectivity index (χ1) is 14.4. The van der Waals surface area contributed by atoms with Crippen LogP contribution in [0.5, 0.6) is 0 Å². The van der Waals surface area contributed by atoms with Crippen molar-refractivity contribution < 1.29 is 0 Å². The molecule has 3 aromatic carbocycles. The van der Waals surface area contributed by atoms with Crippen molar-refractivity contribution in [3.8, 4) is 11.1 Å². The lowest BCUT2D eigenvalue weighted by Crippen LogP contribution is -1.87. The fourth-order valence-corrected chi connectivity index (χ4v) is 3.09. The fraction of sp³-hybridized carbons (Fsp3) is 0.267. The highest BCUT2D eigenvalue weighted by molar-refractivity contribution is 5.75. The summed E-state index contributed by atoms with van der Waals surface area (Å²) in [6.45, 7) is 20.2. The van der Waals surface area contributed by atoms with Crippen molar-refractivity contribution in [2.75, 3.05) is 0 Å². The fourth-order valence-electron chi connectivity index (χ4n) is 3.09. The third-order valence-electron chi connectivity index (χ3n) is 4.77. The molecule has 158 valence electrons. The van der Waals surface area contributed by atoms with Crippen molar-refractivity contribution in [2.45, 2.75) is 54.4 Å². The maximum Gasteiger partial charge on any atom is -0.0111 e. The number of hydrogen-bond donors (Lipinski definition) is 0. The molecule has 0 bridgehead atoms. The summed E-state index contributed by atoms with van der Waals surface area (Å²) in [6.07, 6.45) is 4.28. The molecule has 0 aliphatic rings. The van der Waals surface area contributed by atoms with Gasteiger partial charge in [0.15, 0.2) is 0 Å². The molecule has 0 aliphatic carbocycles. The highest BCUT2D eigenvalue weighted by atomic mass is 14.1. The second kappa shape index (κ2) is 13.4. The van der Waals surface area contributed by atoms with Crippen LogP contribution in [0.15, 0.2) is 79.9 Å². The summed E-state index contributed by atoms with van der Waals surface area (Å²) in [6, 6.07) is 23.8. The molecule has 0 fully saturated rings. The van der Waals surface area contributed by atoms with E-state index in [9.17, 15) is 0 Å². The van der Waals surface area contributed by atoms with Gasteiger partial charge in [-0.05, 0) is 55.0 Å². The molecule has 0 aromatic heterocycles. The Morgan fingerprint density at radius 2 is 1.40 bits per heavy atom. The van der Waals surface area contributed by atoms with Gasteiger partial charge >= 0.3 is 0 Å². The van der Waals surface area contributed by atoms with E-state index in [0.29, 0.717) is 0 Å². The minimum atomic E-state index is 1.13. The molecule has 0 saturated heterocycles. The van der Waals surface area contributed by atoms with E-state index < -0.39 is 0 Å². The first-order valence-corrected chi connectivity index (χ1v) is 11.0. The maximum atomic E-state index is 3.91. The molecule has 0 amide bonds. The van der Waals surface area contributed by atoms with Gasteiger partial charge in [-0.3, -0.25) is 0 Å². The van der Waals surface area contributed by atoms with E-state index in [1.807, 2.05) is 26.8 Å². The molecule has 0 heteroatoms. The normalized spacial score (nSPS) is 9.53. The Balaban J connectivity index is 0.000000318. The van der Waals surface area contributed by atoms with Crippen LogP contribution >= 0.6 is 0 Å². The minimum absolute atomic E-state index is 1.13. The summed E-state index contributed by atoms with van der Waals surface area (Å²) in [5.74, 6) is 0. The van der Waals surface area contributed by atoms with Gasteiger partial charge in [-0.15, -0.1) is 0 Å². The first kappa shape index (κ1) is 25.2. The third kappa shape index (κ3) is 7.87. The van der Waals surface area contributed by atoms with Crippen LogP contribution < -0.4 is 0 Å². The zero-order valence-corrected chi connectivity index (χ0v) is 19.8. The van der Waals surface area contributed by atoms with Gasteiger partial charge in [0.1, 0.15) is 0 Å². The Morgan fingerprint density at radius 1 is 0.833 bits per heavy atom. The highest BCUT2D eigenvalue weighted by Crippen LogP contribution is 2.26. The predicted octanol–water partition coefficient (Wildman–Crippen LogP) is 9.31. The highest BCUT2D eigenvalue weighted by Gasteiger charge is 2.03. The Bertz CT molecular complexity index is 909. The average molecular weight is 399 g/mol. The minimum Gasteiger partial charge on any atom is -0.0984 e. The Morgan fingerprint density at radius 3 is 1.90 bits per heavy atom. The second-order valence-electron chi connectivity index (χ2n) is 7.39. The van der Waals surface area contributed by atoms with Crippen LogP contribution in [0.3, 0.4) is 0 Å². The van der Waals surface area contributed by atoms with Crippen LogP contribution in [0, 0.1) is 13.8 Å². The Kier molecular flexibility index (Phi) is 11.2. The SMILES string of the molecule is C=C(C)c1ccc(C)cc1.C=Cc1cc(C)ccc1-c1ccc(CCC)cc1.CC. The lowest BCUT2D eigenvalue weighted by Gasteiger charge is -2.08. The van der Waals surface area contributed by atoms with E-state index in [1.165, 1.54) is 45.4 Å². The molecule has 3 aromatic rings. The third-order valence-corrected chi connectivity index (χ3v) is 4.77. The van der Waals surface area contributed by atoms with E-state index >= 15 is 0 Å². The van der Waals surface area contributed by atoms with Crippen LogP contribution in [0.2, 0.25) is 0 Å². The lowest BCUT2D eigenvalue weighted by atomic mass is 9.96. The predicted molar refractivity (Wildman–Crippen MR) is 138 cm³/mol. The van der Waals surface area contributed by atoms with Gasteiger partial charge in [0.25, 0.3) is 0 Å². The summed E-state index contributed by atoms with van der Waals surface area (Å²) in [5, 5.41) is 0. The summed E-state index contributed by atoms with van der Waals surface area (Å²) in [5.41, 5.74) is 10.1. The van der Waals surface area contributed by atoms with Crippen molar-refractivity contribution >= 4 is 11.6 Å². The van der Waals surface area contributed by atoms with E-state index in [-0.39, 0.29) is 0 Å². The molecule has 3 rings (SSSR count). The summed E-state index contributed by atoms with van der Waals surface area (Å²) < 4.78 is 0. The van der Waals surface area contributed by atoms with Crippen molar-refractivity contribution in [2.24, 2.45) is 0 Å². The number of rotatable bonds is 5. The molecular formula is C30H38. The van der Waals surface area contributed by atoms with Gasteiger partial charge in [-0.1, -0.05) is 130 Å². The van der Waals surface area contributed by atoms with Gasteiger partial charge in [0, 0.05) is 0 Å². The van der Waals surface area contributed by atoms with Gasteiger partial charge in [0.05, 0.1) is 0 Å². The van der Waals surface area contributed by atoms with Crippen molar-refractivity contribution in [1.82, 2.24) is 0 Å². The van der Waals surface area contributed by atoms with Crippen molar-refractivity contribution in [3.05, 3.63) is 108 Å². The molecule has 0 aliphatic heterocycles. The van der Waals surface area contributed by atoms with Gasteiger partial charge in [-0.2, -0.15) is 0 Å². The summed E-state index contributed by atoms with van der Waals surface area (Å²) in [4.78, 5) is 0. The van der Waals surface area contributed by atoms with E-state index in [2.05, 4.69) is 101 Å². The monoisotopic (exact) mass is 398 g/mol. The van der Waals surface area contributed by atoms with Crippen LogP contribution in [0.1, 0.15) is 61.9 Å². The molecule has 0 spiro atoms. The second-order valence-corrected chi connectivity index (χ2v) is 7.39. The van der Waals surface area contributed by atoms with Crippen LogP contribution in [-0.4, -0.2) is 0 Å².